The molecule has 1 saturated carbocycles. The van der Waals surface area contributed by atoms with Crippen LogP contribution in [0.5, 0.6) is 0 Å². The van der Waals surface area contributed by atoms with E-state index in [0.29, 0.717) is 18.1 Å². The summed E-state index contributed by atoms with van der Waals surface area (Å²) in [5, 5.41) is 6.99. The molecule has 1 amide bonds. The first-order valence-electron chi connectivity index (χ1n) is 11.0. The van der Waals surface area contributed by atoms with Gasteiger partial charge in [-0.05, 0) is 38.3 Å². The second-order valence-electron chi connectivity index (χ2n) is 8.84. The average Bonchev–Trinajstić information content (AvgIpc) is 3.43. The molecule has 0 radical (unpaired) electrons. The zero-order chi connectivity index (χ0) is 20.6. The molecular formula is C22H30N6O2. The predicted octanol–water partition coefficient (Wildman–Crippen LogP) is 2.60. The van der Waals surface area contributed by atoms with Crippen LogP contribution >= 0.6 is 0 Å². The number of rotatable bonds is 4. The van der Waals surface area contributed by atoms with E-state index >= 15 is 0 Å². The van der Waals surface area contributed by atoms with Crippen LogP contribution in [0.25, 0.3) is 11.1 Å². The van der Waals surface area contributed by atoms with Crippen molar-refractivity contribution in [2.75, 3.05) is 50.8 Å². The SMILES string of the molecule is CCOC(=O)N1CC2(CC[C@@H](N3CCN(c4ncccc4-c4cn[nH]c4)CC3)C2)C1. The molecule has 160 valence electrons. The Morgan fingerprint density at radius 2 is 2.13 bits per heavy atom. The van der Waals surface area contributed by atoms with Gasteiger partial charge < -0.3 is 14.5 Å². The average molecular weight is 411 g/mol. The summed E-state index contributed by atoms with van der Waals surface area (Å²) in [5.41, 5.74) is 2.53. The lowest BCUT2D eigenvalue weighted by molar-refractivity contribution is -0.00294. The van der Waals surface area contributed by atoms with E-state index in [1.165, 1.54) is 19.3 Å². The topological polar surface area (TPSA) is 77.6 Å². The summed E-state index contributed by atoms with van der Waals surface area (Å²) in [6, 6.07) is 4.73. The number of piperazine rings is 1. The predicted molar refractivity (Wildman–Crippen MR) is 114 cm³/mol. The molecule has 2 aliphatic heterocycles. The molecule has 2 saturated heterocycles. The largest absolute Gasteiger partial charge is 0.450 e. The number of nitrogens with one attached hydrogen (secondary N) is 1. The van der Waals surface area contributed by atoms with E-state index in [2.05, 4.69) is 31.0 Å². The number of amides is 1. The number of H-pyrrole nitrogens is 1. The molecule has 1 spiro atoms. The standard InChI is InChI=1S/C22H30N6O2/c1-2-30-21(29)28-15-22(16-28)6-5-18(12-22)26-8-10-27(11-9-26)20-19(4-3-7-23-20)17-13-24-25-14-17/h3-4,7,13-14,18H,2,5-6,8-12,15-16H2,1H3,(H,24,25)/t18-/m1/s1. The van der Waals surface area contributed by atoms with E-state index in [4.69, 9.17) is 4.74 Å². The third kappa shape index (κ3) is 3.53. The maximum Gasteiger partial charge on any atom is 0.409 e. The summed E-state index contributed by atoms with van der Waals surface area (Å²) in [4.78, 5) is 23.5. The van der Waals surface area contributed by atoms with Gasteiger partial charge in [-0.2, -0.15) is 5.10 Å². The minimum Gasteiger partial charge on any atom is -0.450 e. The molecule has 5 rings (SSSR count). The lowest BCUT2D eigenvalue weighted by Gasteiger charge is -2.48. The Morgan fingerprint density at radius 1 is 1.30 bits per heavy atom. The third-order valence-electron chi connectivity index (χ3n) is 6.98. The number of pyridine rings is 1. The molecule has 3 fully saturated rings. The van der Waals surface area contributed by atoms with Gasteiger partial charge in [-0.1, -0.05) is 0 Å². The molecule has 0 aromatic carbocycles. The van der Waals surface area contributed by atoms with Gasteiger partial charge in [-0.15, -0.1) is 0 Å². The Morgan fingerprint density at radius 3 is 2.87 bits per heavy atom. The number of nitrogens with zero attached hydrogens (tertiary/aromatic N) is 5. The van der Waals surface area contributed by atoms with E-state index < -0.39 is 0 Å². The minimum atomic E-state index is -0.149. The molecule has 0 bridgehead atoms. The molecule has 8 nitrogen and oxygen atoms in total. The fourth-order valence-corrected chi connectivity index (χ4v) is 5.45. The van der Waals surface area contributed by atoms with Crippen LogP contribution in [0.3, 0.4) is 0 Å². The maximum absolute atomic E-state index is 11.9. The summed E-state index contributed by atoms with van der Waals surface area (Å²) in [6.45, 7) is 8.14. The van der Waals surface area contributed by atoms with Gasteiger partial charge in [0.25, 0.3) is 0 Å². The van der Waals surface area contributed by atoms with Crippen molar-refractivity contribution in [2.24, 2.45) is 5.41 Å². The first kappa shape index (κ1) is 19.4. The van der Waals surface area contributed by atoms with Crippen LogP contribution in [-0.4, -0.2) is 83.0 Å². The fourth-order valence-electron chi connectivity index (χ4n) is 5.45. The second kappa shape index (κ2) is 7.91. The molecule has 2 aromatic rings. The van der Waals surface area contributed by atoms with Crippen molar-refractivity contribution in [3.8, 4) is 11.1 Å². The highest BCUT2D eigenvalue weighted by molar-refractivity contribution is 5.75. The molecule has 2 aromatic heterocycles. The number of carbonyl (C=O) groups is 1. The molecule has 30 heavy (non-hydrogen) atoms. The minimum absolute atomic E-state index is 0.149. The molecule has 8 heteroatoms. The number of aromatic amines is 1. The Balaban J connectivity index is 1.17. The summed E-state index contributed by atoms with van der Waals surface area (Å²) >= 11 is 0. The van der Waals surface area contributed by atoms with E-state index in [1.54, 1.807) is 0 Å². The molecule has 1 N–H and O–H groups in total. The Hall–Kier alpha value is -2.61. The van der Waals surface area contributed by atoms with Crippen LogP contribution in [-0.2, 0) is 4.74 Å². The molecule has 1 atom stereocenters. The van der Waals surface area contributed by atoms with Crippen LogP contribution in [0.2, 0.25) is 0 Å². The summed E-state index contributed by atoms with van der Waals surface area (Å²) in [5.74, 6) is 1.05. The van der Waals surface area contributed by atoms with E-state index in [-0.39, 0.29) is 6.09 Å². The van der Waals surface area contributed by atoms with Gasteiger partial charge in [0.05, 0.1) is 12.8 Å². The number of hydrogen-bond acceptors (Lipinski definition) is 6. The van der Waals surface area contributed by atoms with Crippen molar-refractivity contribution in [1.29, 1.82) is 0 Å². The first-order valence-corrected chi connectivity index (χ1v) is 11.0. The highest BCUT2D eigenvalue weighted by Crippen LogP contribution is 2.47. The maximum atomic E-state index is 11.9. The fraction of sp³-hybridized carbons (Fsp3) is 0.591. The smallest absolute Gasteiger partial charge is 0.409 e. The first-order chi connectivity index (χ1) is 14.7. The van der Waals surface area contributed by atoms with Gasteiger partial charge >= 0.3 is 6.09 Å². The monoisotopic (exact) mass is 410 g/mol. The lowest BCUT2D eigenvalue weighted by Crippen LogP contribution is -2.58. The van der Waals surface area contributed by atoms with Crippen molar-refractivity contribution >= 4 is 11.9 Å². The summed E-state index contributed by atoms with van der Waals surface area (Å²) in [6.07, 6.45) is 9.16. The van der Waals surface area contributed by atoms with Gasteiger partial charge in [0.15, 0.2) is 0 Å². The van der Waals surface area contributed by atoms with Crippen LogP contribution in [0, 0.1) is 5.41 Å². The van der Waals surface area contributed by atoms with Gasteiger partial charge in [0.2, 0.25) is 0 Å². The van der Waals surface area contributed by atoms with E-state index in [0.717, 1.165) is 56.2 Å². The highest BCUT2D eigenvalue weighted by Gasteiger charge is 2.51. The normalized spacial score (nSPS) is 23.6. The Kier molecular flexibility index (Phi) is 5.10. The second-order valence-corrected chi connectivity index (χ2v) is 8.84. The van der Waals surface area contributed by atoms with Crippen LogP contribution in [0.1, 0.15) is 26.2 Å². The number of likely N-dealkylation sites (tertiary alicyclic amines) is 1. The lowest BCUT2D eigenvalue weighted by atomic mass is 9.78. The quantitative estimate of drug-likeness (QED) is 0.835. The van der Waals surface area contributed by atoms with Gasteiger partial charge in [0.1, 0.15) is 5.82 Å². The Labute approximate surface area is 177 Å². The number of carbonyl (C=O) groups excluding carboxylic acids is 1. The van der Waals surface area contributed by atoms with Crippen molar-refractivity contribution in [3.05, 3.63) is 30.7 Å². The van der Waals surface area contributed by atoms with Crippen LogP contribution in [0.4, 0.5) is 10.6 Å². The Bertz CT molecular complexity index is 872. The molecular weight excluding hydrogens is 380 g/mol. The van der Waals surface area contributed by atoms with Crippen molar-refractivity contribution in [2.45, 2.75) is 32.2 Å². The molecule has 0 unspecified atom stereocenters. The van der Waals surface area contributed by atoms with E-state index in [9.17, 15) is 4.79 Å². The zero-order valence-corrected chi connectivity index (χ0v) is 17.6. The number of aromatic nitrogens is 3. The number of hydrogen-bond donors (Lipinski definition) is 1. The van der Waals surface area contributed by atoms with Crippen molar-refractivity contribution in [1.82, 2.24) is 25.0 Å². The number of ether oxygens (including phenoxy) is 1. The van der Waals surface area contributed by atoms with Crippen LogP contribution < -0.4 is 4.90 Å². The van der Waals surface area contributed by atoms with Gasteiger partial charge in [-0.25, -0.2) is 9.78 Å². The third-order valence-corrected chi connectivity index (χ3v) is 6.98. The van der Waals surface area contributed by atoms with Crippen LogP contribution in [0.15, 0.2) is 30.7 Å². The van der Waals surface area contributed by atoms with Crippen molar-refractivity contribution < 1.29 is 9.53 Å². The zero-order valence-electron chi connectivity index (χ0n) is 17.6. The van der Waals surface area contributed by atoms with Crippen molar-refractivity contribution in [3.63, 3.8) is 0 Å². The molecule has 3 aliphatic rings. The van der Waals surface area contributed by atoms with E-state index in [1.807, 2.05) is 36.5 Å². The van der Waals surface area contributed by atoms with Gasteiger partial charge in [0, 0.05) is 74.2 Å². The van der Waals surface area contributed by atoms with Gasteiger partial charge in [-0.3, -0.25) is 10.00 Å². The summed E-state index contributed by atoms with van der Waals surface area (Å²) < 4.78 is 5.14. The highest BCUT2D eigenvalue weighted by atomic mass is 16.6. The number of anilines is 1. The molecule has 4 heterocycles. The molecule has 1 aliphatic carbocycles. The summed E-state index contributed by atoms with van der Waals surface area (Å²) in [7, 11) is 0.